The van der Waals surface area contributed by atoms with E-state index in [1.165, 1.54) is 5.56 Å². The summed E-state index contributed by atoms with van der Waals surface area (Å²) in [5.74, 6) is 0. The Morgan fingerprint density at radius 3 is 2.22 bits per heavy atom. The van der Waals surface area contributed by atoms with Gasteiger partial charge < -0.3 is 4.90 Å². The molecule has 0 radical (unpaired) electrons. The number of nitrogens with zero attached hydrogens (tertiary/aromatic N) is 2. The summed E-state index contributed by atoms with van der Waals surface area (Å²) in [6.07, 6.45) is 2.02. The Balaban J connectivity index is 1.46. The van der Waals surface area contributed by atoms with E-state index in [-0.39, 0.29) is 5.25 Å². The molecule has 0 spiro atoms. The highest BCUT2D eigenvalue weighted by molar-refractivity contribution is 7.92. The second-order valence-corrected chi connectivity index (χ2v) is 12.2. The highest BCUT2D eigenvalue weighted by atomic mass is 35.5. The van der Waals surface area contributed by atoms with Crippen LogP contribution in [0.2, 0.25) is 5.02 Å². The van der Waals surface area contributed by atoms with Gasteiger partial charge in [-0.1, -0.05) is 29.8 Å². The maximum Gasteiger partial charge on any atom is 0.185 e. The van der Waals surface area contributed by atoms with E-state index in [1.807, 2.05) is 52.0 Å². The molecule has 0 unspecified atom stereocenters. The summed E-state index contributed by atoms with van der Waals surface area (Å²) >= 11 is 7.60. The van der Waals surface area contributed by atoms with E-state index in [1.54, 1.807) is 11.3 Å². The van der Waals surface area contributed by atoms with Crippen LogP contribution in [0.1, 0.15) is 46.4 Å². The fourth-order valence-electron chi connectivity index (χ4n) is 4.47. The zero-order valence-electron chi connectivity index (χ0n) is 19.0. The zero-order chi connectivity index (χ0) is 23.0. The summed E-state index contributed by atoms with van der Waals surface area (Å²) in [5, 5.41) is 3.46. The first-order valence-electron chi connectivity index (χ1n) is 10.9. The predicted octanol–water partition coefficient (Wildman–Crippen LogP) is 6.06. The summed E-state index contributed by atoms with van der Waals surface area (Å²) in [6, 6.07) is 9.92. The molecule has 3 aromatic rings. The monoisotopic (exact) mass is 488 g/mol. The number of hydrogen-bond donors (Lipinski definition) is 0. The first-order valence-corrected chi connectivity index (χ1v) is 13.7. The second-order valence-electron chi connectivity index (χ2n) is 8.75. The van der Waals surface area contributed by atoms with Crippen molar-refractivity contribution in [1.82, 2.24) is 4.98 Å². The minimum atomic E-state index is -3.37. The molecule has 0 saturated carbocycles. The fraction of sp³-hybridized carbons (Fsp3) is 0.400. The number of aryl methyl sites for hydroxylation is 2. The molecule has 1 aliphatic rings. The third kappa shape index (κ3) is 4.59. The van der Waals surface area contributed by atoms with Crippen LogP contribution in [0.15, 0.2) is 40.6 Å². The number of hydrogen-bond acceptors (Lipinski definition) is 5. The molecule has 1 saturated heterocycles. The van der Waals surface area contributed by atoms with Crippen molar-refractivity contribution >= 4 is 37.9 Å². The Bertz CT molecular complexity index is 1200. The molecule has 4 nitrogen and oxygen atoms in total. The SMILES string of the molecule is Cc1cc(C)c(C)c(S(=O)(=O)C2CCN(c3nc(Cc4ccc(Cl)cc4)cs3)CC2)c1C. The Morgan fingerprint density at radius 2 is 1.62 bits per heavy atom. The molecule has 7 heteroatoms. The third-order valence-corrected chi connectivity index (χ3v) is 10.3. The van der Waals surface area contributed by atoms with E-state index < -0.39 is 9.84 Å². The molecule has 32 heavy (non-hydrogen) atoms. The highest BCUT2D eigenvalue weighted by Gasteiger charge is 2.34. The van der Waals surface area contributed by atoms with Crippen molar-refractivity contribution in [2.45, 2.75) is 57.1 Å². The lowest BCUT2D eigenvalue weighted by Gasteiger charge is -2.32. The summed E-state index contributed by atoms with van der Waals surface area (Å²) in [5.41, 5.74) is 6.07. The lowest BCUT2D eigenvalue weighted by molar-refractivity contribution is 0.528. The molecule has 0 N–H and O–H groups in total. The van der Waals surface area contributed by atoms with Crippen LogP contribution in [0, 0.1) is 27.7 Å². The third-order valence-electron chi connectivity index (χ3n) is 6.57. The first kappa shape index (κ1) is 23.3. The average Bonchev–Trinajstić information content (AvgIpc) is 3.22. The number of sulfone groups is 1. The fourth-order valence-corrected chi connectivity index (χ4v) is 7.81. The summed E-state index contributed by atoms with van der Waals surface area (Å²) in [4.78, 5) is 7.58. The summed E-state index contributed by atoms with van der Waals surface area (Å²) in [7, 11) is -3.37. The second kappa shape index (κ2) is 9.16. The molecule has 1 aromatic heterocycles. The van der Waals surface area contributed by atoms with Crippen molar-refractivity contribution in [2.24, 2.45) is 0 Å². The largest absolute Gasteiger partial charge is 0.348 e. The summed E-state index contributed by atoms with van der Waals surface area (Å²) in [6.45, 7) is 9.27. The van der Waals surface area contributed by atoms with E-state index >= 15 is 0 Å². The Labute approximate surface area is 200 Å². The number of anilines is 1. The average molecular weight is 489 g/mol. The van der Waals surface area contributed by atoms with Gasteiger partial charge in [0.05, 0.1) is 15.8 Å². The molecule has 2 heterocycles. The minimum Gasteiger partial charge on any atom is -0.348 e. The van der Waals surface area contributed by atoms with E-state index in [0.717, 1.165) is 44.5 Å². The Hall–Kier alpha value is -1.89. The maximum absolute atomic E-state index is 13.6. The lowest BCUT2D eigenvalue weighted by atomic mass is 10.0. The van der Waals surface area contributed by atoms with Crippen LogP contribution in [0.25, 0.3) is 0 Å². The predicted molar refractivity (Wildman–Crippen MR) is 134 cm³/mol. The molecule has 170 valence electrons. The van der Waals surface area contributed by atoms with E-state index in [4.69, 9.17) is 16.6 Å². The number of thiazole rings is 1. The molecule has 1 aliphatic heterocycles. The molecule has 0 amide bonds. The number of piperidine rings is 1. The normalized spacial score (nSPS) is 15.3. The van der Waals surface area contributed by atoms with Gasteiger partial charge in [-0.05, 0) is 80.5 Å². The van der Waals surface area contributed by atoms with Crippen molar-refractivity contribution in [2.75, 3.05) is 18.0 Å². The Morgan fingerprint density at radius 1 is 1.03 bits per heavy atom. The molecule has 0 bridgehead atoms. The van der Waals surface area contributed by atoms with Crippen LogP contribution in [0.5, 0.6) is 0 Å². The maximum atomic E-state index is 13.6. The Kier molecular flexibility index (Phi) is 6.66. The minimum absolute atomic E-state index is 0.342. The standard InChI is InChI=1S/C25H29ClN2O2S2/c1-16-13-17(2)19(4)24(18(16)3)32(29,30)23-9-11-28(12-10-23)25-27-22(15-31-25)14-20-5-7-21(26)8-6-20/h5-8,13,15,23H,9-12,14H2,1-4H3. The van der Waals surface area contributed by atoms with Crippen LogP contribution in [-0.4, -0.2) is 31.7 Å². The van der Waals surface area contributed by atoms with Gasteiger partial charge >= 0.3 is 0 Å². The van der Waals surface area contributed by atoms with Gasteiger partial charge in [0.25, 0.3) is 0 Å². The van der Waals surface area contributed by atoms with Crippen molar-refractivity contribution < 1.29 is 8.42 Å². The topological polar surface area (TPSA) is 50.3 Å². The van der Waals surface area contributed by atoms with E-state index in [0.29, 0.717) is 30.8 Å². The highest BCUT2D eigenvalue weighted by Crippen LogP contribution is 2.34. The molecule has 0 aliphatic carbocycles. The molecule has 1 fully saturated rings. The number of benzene rings is 2. The van der Waals surface area contributed by atoms with Crippen LogP contribution in [0.4, 0.5) is 5.13 Å². The smallest absolute Gasteiger partial charge is 0.185 e. The van der Waals surface area contributed by atoms with Gasteiger partial charge in [-0.25, -0.2) is 13.4 Å². The lowest BCUT2D eigenvalue weighted by Crippen LogP contribution is -2.39. The molecular formula is C25H29ClN2O2S2. The van der Waals surface area contributed by atoms with Gasteiger partial charge in [0.2, 0.25) is 0 Å². The van der Waals surface area contributed by atoms with Crippen molar-refractivity contribution in [3.63, 3.8) is 0 Å². The zero-order valence-corrected chi connectivity index (χ0v) is 21.4. The van der Waals surface area contributed by atoms with Crippen LogP contribution in [-0.2, 0) is 16.3 Å². The van der Waals surface area contributed by atoms with E-state index in [2.05, 4.69) is 16.3 Å². The van der Waals surface area contributed by atoms with E-state index in [9.17, 15) is 8.42 Å². The van der Waals surface area contributed by atoms with Crippen LogP contribution in [0.3, 0.4) is 0 Å². The van der Waals surface area contributed by atoms with Crippen molar-refractivity contribution in [3.8, 4) is 0 Å². The number of rotatable bonds is 5. The van der Waals surface area contributed by atoms with Gasteiger partial charge in [0.15, 0.2) is 15.0 Å². The molecule has 4 rings (SSSR count). The van der Waals surface area contributed by atoms with Gasteiger partial charge in [-0.15, -0.1) is 11.3 Å². The quantitative estimate of drug-likeness (QED) is 0.437. The van der Waals surface area contributed by atoms with Gasteiger partial charge in [-0.2, -0.15) is 0 Å². The van der Waals surface area contributed by atoms with Crippen molar-refractivity contribution in [3.05, 3.63) is 74.2 Å². The first-order chi connectivity index (χ1) is 15.2. The molecule has 0 atom stereocenters. The van der Waals surface area contributed by atoms with Gasteiger partial charge in [0, 0.05) is 29.9 Å². The molecular weight excluding hydrogens is 460 g/mol. The van der Waals surface area contributed by atoms with Crippen LogP contribution < -0.4 is 4.90 Å². The summed E-state index contributed by atoms with van der Waals surface area (Å²) < 4.78 is 27.1. The van der Waals surface area contributed by atoms with Crippen LogP contribution >= 0.6 is 22.9 Å². The number of halogens is 1. The number of aromatic nitrogens is 1. The van der Waals surface area contributed by atoms with Gasteiger partial charge in [0.1, 0.15) is 0 Å². The van der Waals surface area contributed by atoms with Crippen molar-refractivity contribution in [1.29, 1.82) is 0 Å². The molecule has 2 aromatic carbocycles. The van der Waals surface area contributed by atoms with Gasteiger partial charge in [-0.3, -0.25) is 0 Å².